The Hall–Kier alpha value is -0.400. The van der Waals surface area contributed by atoms with Crippen LogP contribution in [0.3, 0.4) is 0 Å². The lowest BCUT2D eigenvalue weighted by Gasteiger charge is -1.58. The largest absolute Gasteiger partial charge is 0.150 e. The van der Waals surface area contributed by atoms with E-state index in [-0.39, 0.29) is 5.54 Å². The molecule has 30 valence electrons. The Bertz CT molecular complexity index is 126. The Kier molecular flexibility index (Phi) is 0.0838. The quantitative estimate of drug-likeness (QED) is 0.419. The maximum atomic E-state index is 9.70. The van der Waals surface area contributed by atoms with Gasteiger partial charge in [0, 0.05) is 0 Å². The van der Waals surface area contributed by atoms with Gasteiger partial charge in [-0.05, 0) is 17.8 Å². The van der Waals surface area contributed by atoms with E-state index in [1.165, 1.54) is 0 Å². The molecule has 0 bridgehead atoms. The Morgan fingerprint density at radius 1 is 1.33 bits per heavy atom. The van der Waals surface area contributed by atoms with Crippen LogP contribution in [-0.4, -0.2) is 5.54 Å². The molecule has 4 fully saturated rings. The molecule has 4 aliphatic carbocycles. The summed E-state index contributed by atoms with van der Waals surface area (Å²) in [5.74, 6) is 2.44. The van der Waals surface area contributed by atoms with E-state index in [2.05, 4.69) is 5.18 Å². The fourth-order valence-electron chi connectivity index (χ4n) is 1.49. The first kappa shape index (κ1) is 2.05. The number of nitrogens with zero attached hydrogens (tertiary/aromatic N) is 1. The standard InChI is InChI=1S/C4H3NO/c6-5-4-1-2(4)3(1)4/h1-3H. The summed E-state index contributed by atoms with van der Waals surface area (Å²) in [7, 11) is 0. The Morgan fingerprint density at radius 3 is 1.83 bits per heavy atom. The zero-order chi connectivity index (χ0) is 3.94. The smallest absolute Gasteiger partial charge is 0.113 e. The first-order valence-corrected chi connectivity index (χ1v) is 2.27. The fraction of sp³-hybridized carbons (Fsp3) is 1.00. The zero-order valence-electron chi connectivity index (χ0n) is 3.09. The molecule has 0 aliphatic heterocycles. The maximum absolute atomic E-state index is 9.70. The van der Waals surface area contributed by atoms with Gasteiger partial charge in [-0.15, -0.1) is 0 Å². The SMILES string of the molecule is O=NC12C3C1C32. The summed E-state index contributed by atoms with van der Waals surface area (Å²) in [6.45, 7) is 0. The number of hydrogen-bond donors (Lipinski definition) is 0. The van der Waals surface area contributed by atoms with Crippen LogP contribution in [0.5, 0.6) is 0 Å². The van der Waals surface area contributed by atoms with Crippen molar-refractivity contribution in [2.45, 2.75) is 5.54 Å². The molecule has 0 atom stereocenters. The van der Waals surface area contributed by atoms with Gasteiger partial charge in [0.05, 0.1) is 0 Å². The third kappa shape index (κ3) is 0.0402. The maximum Gasteiger partial charge on any atom is 0.113 e. The minimum atomic E-state index is 0.111. The second-order valence-electron chi connectivity index (χ2n) is 2.56. The van der Waals surface area contributed by atoms with Crippen LogP contribution in [0.4, 0.5) is 0 Å². The second-order valence-corrected chi connectivity index (χ2v) is 2.56. The van der Waals surface area contributed by atoms with Crippen LogP contribution in [0.2, 0.25) is 0 Å². The van der Waals surface area contributed by atoms with Crippen molar-refractivity contribution in [2.24, 2.45) is 22.9 Å². The molecule has 2 nitrogen and oxygen atoms in total. The molecule has 0 saturated heterocycles. The average molecular weight is 81.1 g/mol. The van der Waals surface area contributed by atoms with E-state index in [9.17, 15) is 4.91 Å². The summed E-state index contributed by atoms with van der Waals surface area (Å²) in [5, 5.41) is 2.99. The van der Waals surface area contributed by atoms with Crippen molar-refractivity contribution >= 4 is 0 Å². The number of hydrogen-bond acceptors (Lipinski definition) is 2. The molecule has 0 aromatic heterocycles. The summed E-state index contributed by atoms with van der Waals surface area (Å²) < 4.78 is 0. The topological polar surface area (TPSA) is 29.4 Å². The Morgan fingerprint density at radius 2 is 1.83 bits per heavy atom. The van der Waals surface area contributed by atoms with Crippen LogP contribution in [0.25, 0.3) is 0 Å². The first-order chi connectivity index (χ1) is 2.93. The second kappa shape index (κ2) is 0.245. The summed E-state index contributed by atoms with van der Waals surface area (Å²) >= 11 is 0. The van der Waals surface area contributed by atoms with Crippen molar-refractivity contribution in [3.63, 3.8) is 0 Å². The van der Waals surface area contributed by atoms with E-state index in [4.69, 9.17) is 0 Å². The third-order valence-electron chi connectivity index (χ3n) is 2.45. The van der Waals surface area contributed by atoms with E-state index in [0.717, 1.165) is 17.8 Å². The van der Waals surface area contributed by atoms with Crippen molar-refractivity contribution in [1.82, 2.24) is 0 Å². The Labute approximate surface area is 34.5 Å². The van der Waals surface area contributed by atoms with E-state index in [1.807, 2.05) is 0 Å². The summed E-state index contributed by atoms with van der Waals surface area (Å²) in [6, 6.07) is 0. The summed E-state index contributed by atoms with van der Waals surface area (Å²) in [5.41, 5.74) is 0.111. The fourth-order valence-corrected chi connectivity index (χ4v) is 1.49. The predicted molar refractivity (Wildman–Crippen MR) is 19.0 cm³/mol. The molecule has 2 heteroatoms. The van der Waals surface area contributed by atoms with Gasteiger partial charge in [-0.3, -0.25) is 0 Å². The van der Waals surface area contributed by atoms with Crippen LogP contribution in [0, 0.1) is 22.7 Å². The molecule has 4 saturated carbocycles. The molecule has 0 spiro atoms. The zero-order valence-corrected chi connectivity index (χ0v) is 3.09. The molecule has 0 unspecified atom stereocenters. The minimum absolute atomic E-state index is 0.111. The molecule has 0 heterocycles. The van der Waals surface area contributed by atoms with Gasteiger partial charge in [-0.2, -0.15) is 4.91 Å². The van der Waals surface area contributed by atoms with Gasteiger partial charge in [0.1, 0.15) is 5.54 Å². The van der Waals surface area contributed by atoms with Gasteiger partial charge in [0.15, 0.2) is 0 Å². The number of rotatable bonds is 1. The van der Waals surface area contributed by atoms with Crippen molar-refractivity contribution in [1.29, 1.82) is 0 Å². The van der Waals surface area contributed by atoms with Crippen LogP contribution in [0.1, 0.15) is 0 Å². The van der Waals surface area contributed by atoms with Crippen LogP contribution in [-0.2, 0) is 0 Å². The lowest BCUT2D eigenvalue weighted by molar-refractivity contribution is 1.02. The monoisotopic (exact) mass is 81.0 g/mol. The highest BCUT2D eigenvalue weighted by molar-refractivity contribution is 5.61. The summed E-state index contributed by atoms with van der Waals surface area (Å²) in [4.78, 5) is 9.70. The molecule has 0 radical (unpaired) electrons. The molecular formula is C4H3NO. The van der Waals surface area contributed by atoms with Crippen molar-refractivity contribution in [2.75, 3.05) is 0 Å². The lowest BCUT2D eigenvalue weighted by atomic mass is 10.8. The van der Waals surface area contributed by atoms with Gasteiger partial charge in [0.25, 0.3) is 0 Å². The summed E-state index contributed by atoms with van der Waals surface area (Å²) in [6.07, 6.45) is 0. The van der Waals surface area contributed by atoms with E-state index >= 15 is 0 Å². The van der Waals surface area contributed by atoms with E-state index in [1.54, 1.807) is 0 Å². The normalized spacial score (nSPS) is 87.7. The molecule has 0 aromatic rings. The molecule has 4 rings (SSSR count). The molecular weight excluding hydrogens is 78.0 g/mol. The first-order valence-electron chi connectivity index (χ1n) is 2.27. The van der Waals surface area contributed by atoms with Gasteiger partial charge in [-0.25, -0.2) is 0 Å². The average Bonchev–Trinajstić information content (AvgIpc) is 2.35. The van der Waals surface area contributed by atoms with Gasteiger partial charge >= 0.3 is 0 Å². The van der Waals surface area contributed by atoms with Gasteiger partial charge in [0.2, 0.25) is 0 Å². The highest BCUT2D eigenvalue weighted by Crippen LogP contribution is 3.04. The van der Waals surface area contributed by atoms with E-state index < -0.39 is 0 Å². The van der Waals surface area contributed by atoms with Crippen LogP contribution >= 0.6 is 0 Å². The predicted octanol–water partition coefficient (Wildman–Crippen LogP) is 0.381. The van der Waals surface area contributed by atoms with Crippen molar-refractivity contribution < 1.29 is 0 Å². The van der Waals surface area contributed by atoms with E-state index in [0.29, 0.717) is 0 Å². The van der Waals surface area contributed by atoms with Crippen molar-refractivity contribution in [3.05, 3.63) is 4.91 Å². The molecule has 6 heavy (non-hydrogen) atoms. The van der Waals surface area contributed by atoms with Crippen molar-refractivity contribution in [3.8, 4) is 0 Å². The van der Waals surface area contributed by atoms with Gasteiger partial charge < -0.3 is 0 Å². The highest BCUT2D eigenvalue weighted by Gasteiger charge is 3.12. The Balaban J connectivity index is 2.28. The van der Waals surface area contributed by atoms with Crippen LogP contribution < -0.4 is 0 Å². The van der Waals surface area contributed by atoms with Crippen LogP contribution in [0.15, 0.2) is 5.18 Å². The van der Waals surface area contributed by atoms with Gasteiger partial charge in [-0.1, -0.05) is 5.18 Å². The minimum Gasteiger partial charge on any atom is -0.150 e. The highest BCUT2D eigenvalue weighted by atomic mass is 16.3. The number of nitroso groups, excluding NO2 is 1. The molecule has 0 N–H and O–H groups in total. The lowest BCUT2D eigenvalue weighted by Crippen LogP contribution is -1.67. The third-order valence-corrected chi connectivity index (χ3v) is 2.45. The molecule has 4 aliphatic rings. The molecule has 0 aromatic carbocycles. The molecule has 0 amide bonds.